The van der Waals surface area contributed by atoms with E-state index in [1.165, 1.54) is 11.1 Å². The van der Waals surface area contributed by atoms with E-state index >= 15 is 0 Å². The molecule has 2 nitrogen and oxygen atoms in total. The number of benzene rings is 1. The Labute approximate surface area is 72.6 Å². The number of rotatable bonds is 3. The molecule has 1 rings (SSSR count). The van der Waals surface area contributed by atoms with Gasteiger partial charge in [-0.15, -0.1) is 0 Å². The van der Waals surface area contributed by atoms with Gasteiger partial charge in [0, 0.05) is 0 Å². The van der Waals surface area contributed by atoms with Gasteiger partial charge < -0.3 is 5.32 Å². The molecule has 12 heavy (non-hydrogen) atoms. The van der Waals surface area contributed by atoms with Crippen molar-refractivity contribution in [1.82, 2.24) is 5.32 Å². The third-order valence-corrected chi connectivity index (χ3v) is 1.97. The van der Waals surface area contributed by atoms with Crippen LogP contribution in [0.2, 0.25) is 0 Å². The lowest BCUT2D eigenvalue weighted by Gasteiger charge is -2.12. The molecule has 0 fully saturated rings. The maximum Gasteiger partial charge on any atom is 0.207 e. The highest BCUT2D eigenvalue weighted by Gasteiger charge is 2.04. The van der Waals surface area contributed by atoms with Crippen LogP contribution >= 0.6 is 0 Å². The molecule has 0 aliphatic rings. The molecule has 0 aliphatic carbocycles. The molecule has 0 unspecified atom stereocenters. The molecular formula is C10H13NO. The van der Waals surface area contributed by atoms with Crippen LogP contribution in [0.3, 0.4) is 0 Å². The summed E-state index contributed by atoms with van der Waals surface area (Å²) in [6, 6.07) is 8.13. The lowest BCUT2D eigenvalue weighted by molar-refractivity contribution is -0.110. The first-order chi connectivity index (χ1) is 5.75. The van der Waals surface area contributed by atoms with Gasteiger partial charge in [-0.1, -0.05) is 24.3 Å². The molecule has 0 aliphatic heterocycles. The highest BCUT2D eigenvalue weighted by molar-refractivity contribution is 5.48. The Hall–Kier alpha value is -1.31. The van der Waals surface area contributed by atoms with Gasteiger partial charge in [-0.2, -0.15) is 0 Å². The van der Waals surface area contributed by atoms with Gasteiger partial charge >= 0.3 is 0 Å². The topological polar surface area (TPSA) is 29.1 Å². The Morgan fingerprint density at radius 1 is 1.42 bits per heavy atom. The van der Waals surface area contributed by atoms with Crippen LogP contribution in [-0.4, -0.2) is 6.41 Å². The molecule has 0 radical (unpaired) electrons. The lowest BCUT2D eigenvalue weighted by atomic mass is 10.0. The summed E-state index contributed by atoms with van der Waals surface area (Å²) in [6.45, 7) is 4.01. The average Bonchev–Trinajstić information content (AvgIpc) is 2.05. The number of hydrogen-bond acceptors (Lipinski definition) is 1. The van der Waals surface area contributed by atoms with Crippen LogP contribution in [0, 0.1) is 6.92 Å². The Morgan fingerprint density at radius 3 is 2.67 bits per heavy atom. The van der Waals surface area contributed by atoms with E-state index in [0.29, 0.717) is 0 Å². The third-order valence-electron chi connectivity index (χ3n) is 1.97. The van der Waals surface area contributed by atoms with E-state index in [9.17, 15) is 4.79 Å². The molecule has 0 saturated carbocycles. The first-order valence-corrected chi connectivity index (χ1v) is 4.01. The number of amides is 1. The second-order valence-electron chi connectivity index (χ2n) is 2.86. The molecule has 1 amide bonds. The molecule has 0 bridgehead atoms. The van der Waals surface area contributed by atoms with E-state index in [4.69, 9.17) is 0 Å². The summed E-state index contributed by atoms with van der Waals surface area (Å²) >= 11 is 0. The summed E-state index contributed by atoms with van der Waals surface area (Å²) in [5, 5.41) is 2.72. The van der Waals surface area contributed by atoms with Crippen LogP contribution < -0.4 is 5.32 Å². The molecule has 64 valence electrons. The van der Waals surface area contributed by atoms with Crippen molar-refractivity contribution < 1.29 is 4.79 Å². The number of carbonyl (C=O) groups excluding carboxylic acids is 1. The van der Waals surface area contributed by atoms with Gasteiger partial charge in [-0.3, -0.25) is 4.79 Å². The normalized spacial score (nSPS) is 12.2. The van der Waals surface area contributed by atoms with E-state index in [1.807, 2.05) is 38.1 Å². The fraction of sp³-hybridized carbons (Fsp3) is 0.300. The molecule has 1 N–H and O–H groups in total. The second-order valence-corrected chi connectivity index (χ2v) is 2.86. The Morgan fingerprint density at radius 2 is 2.08 bits per heavy atom. The molecule has 1 atom stereocenters. The van der Waals surface area contributed by atoms with Crippen molar-refractivity contribution >= 4 is 6.41 Å². The van der Waals surface area contributed by atoms with E-state index in [0.717, 1.165) is 6.41 Å². The van der Waals surface area contributed by atoms with Gasteiger partial charge in [-0.05, 0) is 25.0 Å². The van der Waals surface area contributed by atoms with E-state index < -0.39 is 0 Å². The smallest absolute Gasteiger partial charge is 0.207 e. The molecule has 0 spiro atoms. The van der Waals surface area contributed by atoms with Crippen LogP contribution in [0.1, 0.15) is 24.1 Å². The molecule has 0 aromatic heterocycles. The van der Waals surface area contributed by atoms with E-state index in [-0.39, 0.29) is 6.04 Å². The number of aryl methyl sites for hydroxylation is 1. The molecule has 0 saturated heterocycles. The molecule has 0 heterocycles. The van der Waals surface area contributed by atoms with Crippen LogP contribution in [0.4, 0.5) is 0 Å². The SMILES string of the molecule is Cc1ccccc1[C@H](C)NC=O. The first-order valence-electron chi connectivity index (χ1n) is 4.01. The van der Waals surface area contributed by atoms with Crippen molar-refractivity contribution in [3.63, 3.8) is 0 Å². The molecule has 2 heteroatoms. The lowest BCUT2D eigenvalue weighted by Crippen LogP contribution is -2.16. The zero-order valence-electron chi connectivity index (χ0n) is 7.37. The van der Waals surface area contributed by atoms with E-state index in [2.05, 4.69) is 5.32 Å². The maximum absolute atomic E-state index is 10.2. The fourth-order valence-corrected chi connectivity index (χ4v) is 1.26. The summed E-state index contributed by atoms with van der Waals surface area (Å²) in [6.07, 6.45) is 0.733. The largest absolute Gasteiger partial charge is 0.352 e. The minimum Gasteiger partial charge on any atom is -0.352 e. The second kappa shape index (κ2) is 3.90. The van der Waals surface area contributed by atoms with Gasteiger partial charge in [0.15, 0.2) is 0 Å². The van der Waals surface area contributed by atoms with E-state index in [1.54, 1.807) is 0 Å². The monoisotopic (exact) mass is 163 g/mol. The Bertz CT molecular complexity index is 270. The van der Waals surface area contributed by atoms with Crippen molar-refractivity contribution in [2.75, 3.05) is 0 Å². The summed E-state index contributed by atoms with van der Waals surface area (Å²) in [7, 11) is 0. The number of carbonyl (C=O) groups is 1. The number of nitrogens with one attached hydrogen (secondary N) is 1. The van der Waals surface area contributed by atoms with Gasteiger partial charge in [0.2, 0.25) is 6.41 Å². The zero-order chi connectivity index (χ0) is 8.97. The van der Waals surface area contributed by atoms with Crippen LogP contribution in [0.25, 0.3) is 0 Å². The zero-order valence-corrected chi connectivity index (χ0v) is 7.37. The third kappa shape index (κ3) is 1.84. The van der Waals surface area contributed by atoms with Gasteiger partial charge in [-0.25, -0.2) is 0 Å². The summed E-state index contributed by atoms with van der Waals surface area (Å²) in [5.41, 5.74) is 2.38. The predicted octanol–water partition coefficient (Wildman–Crippen LogP) is 1.80. The minimum atomic E-state index is 0.101. The highest BCUT2D eigenvalue weighted by atomic mass is 16.1. The van der Waals surface area contributed by atoms with Crippen molar-refractivity contribution in [3.05, 3.63) is 35.4 Å². The standard InChI is InChI=1S/C10H13NO/c1-8-5-3-4-6-10(8)9(2)11-7-12/h3-7,9H,1-2H3,(H,11,12)/t9-/m0/s1. The van der Waals surface area contributed by atoms with Crippen molar-refractivity contribution in [2.24, 2.45) is 0 Å². The summed E-state index contributed by atoms with van der Waals surface area (Å²) in [5.74, 6) is 0. The fourth-order valence-electron chi connectivity index (χ4n) is 1.26. The Balaban J connectivity index is 2.86. The van der Waals surface area contributed by atoms with Crippen LogP contribution in [0.15, 0.2) is 24.3 Å². The highest BCUT2D eigenvalue weighted by Crippen LogP contribution is 2.15. The quantitative estimate of drug-likeness (QED) is 0.676. The van der Waals surface area contributed by atoms with Gasteiger partial charge in [0.25, 0.3) is 0 Å². The Kier molecular flexibility index (Phi) is 2.86. The minimum absolute atomic E-state index is 0.101. The molecular weight excluding hydrogens is 150 g/mol. The summed E-state index contributed by atoms with van der Waals surface area (Å²) in [4.78, 5) is 10.2. The average molecular weight is 163 g/mol. The molecule has 1 aromatic rings. The van der Waals surface area contributed by atoms with Crippen molar-refractivity contribution in [1.29, 1.82) is 0 Å². The van der Waals surface area contributed by atoms with Crippen molar-refractivity contribution in [3.8, 4) is 0 Å². The van der Waals surface area contributed by atoms with Crippen LogP contribution in [0.5, 0.6) is 0 Å². The molecule has 1 aromatic carbocycles. The number of hydrogen-bond donors (Lipinski definition) is 1. The predicted molar refractivity (Wildman–Crippen MR) is 48.8 cm³/mol. The van der Waals surface area contributed by atoms with Gasteiger partial charge in [0.1, 0.15) is 0 Å². The van der Waals surface area contributed by atoms with Crippen LogP contribution in [-0.2, 0) is 4.79 Å². The maximum atomic E-state index is 10.2. The first kappa shape index (κ1) is 8.78. The summed E-state index contributed by atoms with van der Waals surface area (Å²) < 4.78 is 0. The van der Waals surface area contributed by atoms with Crippen molar-refractivity contribution in [2.45, 2.75) is 19.9 Å². The van der Waals surface area contributed by atoms with Gasteiger partial charge in [0.05, 0.1) is 6.04 Å².